The highest BCUT2D eigenvalue weighted by atomic mass is 16.3. The van der Waals surface area contributed by atoms with Crippen LogP contribution in [0.5, 0.6) is 0 Å². The van der Waals surface area contributed by atoms with Gasteiger partial charge in [-0.2, -0.15) is 0 Å². The van der Waals surface area contributed by atoms with E-state index in [1.54, 1.807) is 6.08 Å². The van der Waals surface area contributed by atoms with Crippen LogP contribution in [0.3, 0.4) is 0 Å². The highest BCUT2D eigenvalue weighted by molar-refractivity contribution is 5.94. The van der Waals surface area contributed by atoms with E-state index in [0.717, 1.165) is 24.8 Å². The Morgan fingerprint density at radius 3 is 2.62 bits per heavy atom. The molecule has 142 valence electrons. The van der Waals surface area contributed by atoms with Crippen molar-refractivity contribution in [1.29, 1.82) is 0 Å². The van der Waals surface area contributed by atoms with Crippen LogP contribution < -0.4 is 0 Å². The predicted molar refractivity (Wildman–Crippen MR) is 97.8 cm³/mol. The summed E-state index contributed by atoms with van der Waals surface area (Å²) in [5, 5.41) is 31.6. The minimum Gasteiger partial charge on any atom is -0.396 e. The van der Waals surface area contributed by atoms with Crippen LogP contribution in [-0.2, 0) is 4.79 Å². The summed E-state index contributed by atoms with van der Waals surface area (Å²) >= 11 is 0. The van der Waals surface area contributed by atoms with Crippen molar-refractivity contribution in [3.8, 4) is 12.3 Å². The molecule has 0 amide bonds. The van der Waals surface area contributed by atoms with E-state index in [0.29, 0.717) is 37.0 Å². The largest absolute Gasteiger partial charge is 0.396 e. The molecular formula is C22H30O4. The average Bonchev–Trinajstić information content (AvgIpc) is 2.88. The summed E-state index contributed by atoms with van der Waals surface area (Å²) in [5.41, 5.74) is -0.758. The van der Waals surface area contributed by atoms with Gasteiger partial charge in [-0.3, -0.25) is 4.79 Å². The minimum absolute atomic E-state index is 0.0549. The van der Waals surface area contributed by atoms with Gasteiger partial charge in [-0.05, 0) is 73.3 Å². The van der Waals surface area contributed by atoms with E-state index < -0.39 is 11.7 Å². The van der Waals surface area contributed by atoms with Crippen LogP contribution in [-0.4, -0.2) is 39.4 Å². The molecule has 26 heavy (non-hydrogen) atoms. The molecule has 4 nitrogen and oxygen atoms in total. The van der Waals surface area contributed by atoms with E-state index in [1.807, 2.05) is 0 Å². The highest BCUT2D eigenvalue weighted by Crippen LogP contribution is 2.67. The zero-order valence-corrected chi connectivity index (χ0v) is 15.7. The lowest BCUT2D eigenvalue weighted by atomic mass is 9.45. The molecule has 0 heterocycles. The Morgan fingerprint density at radius 1 is 1.27 bits per heavy atom. The molecule has 0 unspecified atom stereocenters. The zero-order chi connectivity index (χ0) is 18.9. The Hall–Kier alpha value is -1.15. The smallest absolute Gasteiger partial charge is 0.161 e. The van der Waals surface area contributed by atoms with Crippen molar-refractivity contribution in [2.75, 3.05) is 6.61 Å². The quantitative estimate of drug-likeness (QED) is 0.627. The number of aliphatic hydroxyl groups excluding tert-OH is 2. The topological polar surface area (TPSA) is 77.8 Å². The van der Waals surface area contributed by atoms with E-state index >= 15 is 0 Å². The van der Waals surface area contributed by atoms with Gasteiger partial charge in [0.1, 0.15) is 5.60 Å². The fourth-order valence-corrected chi connectivity index (χ4v) is 7.21. The van der Waals surface area contributed by atoms with Gasteiger partial charge in [0.15, 0.2) is 5.78 Å². The maximum Gasteiger partial charge on any atom is 0.161 e. The molecule has 0 aromatic rings. The van der Waals surface area contributed by atoms with Gasteiger partial charge in [-0.15, -0.1) is 6.42 Å². The van der Waals surface area contributed by atoms with Crippen LogP contribution in [0.25, 0.3) is 0 Å². The van der Waals surface area contributed by atoms with Gasteiger partial charge in [0, 0.05) is 11.3 Å². The van der Waals surface area contributed by atoms with Gasteiger partial charge in [-0.1, -0.05) is 19.8 Å². The molecule has 8 atom stereocenters. The molecule has 4 aliphatic rings. The summed E-state index contributed by atoms with van der Waals surface area (Å²) in [6, 6.07) is 0. The zero-order valence-electron chi connectivity index (χ0n) is 15.7. The lowest BCUT2D eigenvalue weighted by Crippen LogP contribution is -2.57. The van der Waals surface area contributed by atoms with Crippen LogP contribution in [0.15, 0.2) is 11.6 Å². The second-order valence-corrected chi connectivity index (χ2v) is 9.63. The molecule has 0 spiro atoms. The first kappa shape index (κ1) is 18.2. The Bertz CT molecular complexity index is 705. The van der Waals surface area contributed by atoms with Gasteiger partial charge < -0.3 is 15.3 Å². The molecule has 4 rings (SSSR count). The number of carbonyl (C=O) groups excluding carboxylic acids is 1. The third-order valence-electron chi connectivity index (χ3n) is 8.75. The third kappa shape index (κ3) is 2.11. The standard InChI is InChI=1S/C22H30O4/c1-4-22(26)8-6-16-14-9-19(25)17-10-18(24)13(12-23)11-20(17,2)15(14)5-7-21(16,22)3/h1,10,13-16,19,23,25-26H,5-9,11-12H2,2-3H3/t13-,14+,15-,16-,19+,20+,21-,22-/m0/s1. The van der Waals surface area contributed by atoms with E-state index in [-0.39, 0.29) is 29.1 Å². The maximum absolute atomic E-state index is 12.3. The summed E-state index contributed by atoms with van der Waals surface area (Å²) in [6.07, 6.45) is 11.3. The molecule has 0 bridgehead atoms. The molecule has 4 aliphatic carbocycles. The number of ketones is 1. The van der Waals surface area contributed by atoms with E-state index in [1.165, 1.54) is 0 Å². The van der Waals surface area contributed by atoms with E-state index in [2.05, 4.69) is 19.8 Å². The minimum atomic E-state index is -1.05. The number of terminal acetylenes is 1. The molecule has 0 aromatic carbocycles. The first-order valence-electron chi connectivity index (χ1n) is 9.95. The SMILES string of the molecule is C#C[C@]1(O)CC[C@H]2[C@@H]3C[C@@H](O)C4=CC(=O)[C@H](CO)C[C@]4(C)[C@H]3CC[C@@]21C. The summed E-state index contributed by atoms with van der Waals surface area (Å²) in [6.45, 7) is 4.16. The Kier molecular flexibility index (Phi) is 3.98. The molecule has 3 saturated carbocycles. The van der Waals surface area contributed by atoms with Crippen molar-refractivity contribution in [3.63, 3.8) is 0 Å². The molecule has 0 saturated heterocycles. The van der Waals surface area contributed by atoms with Gasteiger partial charge >= 0.3 is 0 Å². The predicted octanol–water partition coefficient (Wildman–Crippen LogP) is 2.07. The van der Waals surface area contributed by atoms with Gasteiger partial charge in [-0.25, -0.2) is 0 Å². The Labute approximate surface area is 155 Å². The van der Waals surface area contributed by atoms with Crippen molar-refractivity contribution >= 4 is 5.78 Å². The number of hydrogen-bond donors (Lipinski definition) is 3. The van der Waals surface area contributed by atoms with Crippen molar-refractivity contribution < 1.29 is 20.1 Å². The van der Waals surface area contributed by atoms with Crippen LogP contribution in [0.1, 0.15) is 52.4 Å². The fourth-order valence-electron chi connectivity index (χ4n) is 7.21. The second-order valence-electron chi connectivity index (χ2n) is 9.63. The van der Waals surface area contributed by atoms with Gasteiger partial charge in [0.2, 0.25) is 0 Å². The molecule has 0 aromatic heterocycles. The lowest BCUT2D eigenvalue weighted by molar-refractivity contribution is -0.131. The van der Waals surface area contributed by atoms with Crippen molar-refractivity contribution in [1.82, 2.24) is 0 Å². The van der Waals surface area contributed by atoms with Gasteiger partial charge in [0.05, 0.1) is 12.7 Å². The third-order valence-corrected chi connectivity index (χ3v) is 8.75. The number of aliphatic hydroxyl groups is 3. The van der Waals surface area contributed by atoms with E-state index in [9.17, 15) is 20.1 Å². The molecule has 0 radical (unpaired) electrons. The summed E-state index contributed by atoms with van der Waals surface area (Å²) in [4.78, 5) is 12.3. The lowest BCUT2D eigenvalue weighted by Gasteiger charge is -2.60. The summed E-state index contributed by atoms with van der Waals surface area (Å²) in [7, 11) is 0. The normalized spacial score (nSPS) is 53.2. The molecular weight excluding hydrogens is 328 g/mol. The second kappa shape index (κ2) is 5.67. The molecule has 3 N–H and O–H groups in total. The monoisotopic (exact) mass is 358 g/mol. The van der Waals surface area contributed by atoms with Crippen molar-refractivity contribution in [2.45, 2.75) is 64.1 Å². The number of hydrogen-bond acceptors (Lipinski definition) is 4. The fraction of sp³-hybridized carbons (Fsp3) is 0.773. The molecule has 4 heteroatoms. The van der Waals surface area contributed by atoms with Crippen LogP contribution in [0.4, 0.5) is 0 Å². The molecule has 3 fully saturated rings. The first-order valence-corrected chi connectivity index (χ1v) is 9.95. The Morgan fingerprint density at radius 2 is 1.96 bits per heavy atom. The van der Waals surface area contributed by atoms with Crippen molar-refractivity contribution in [2.24, 2.45) is 34.5 Å². The first-order chi connectivity index (χ1) is 12.2. The molecule has 0 aliphatic heterocycles. The average molecular weight is 358 g/mol. The summed E-state index contributed by atoms with van der Waals surface area (Å²) < 4.78 is 0. The van der Waals surface area contributed by atoms with Crippen LogP contribution >= 0.6 is 0 Å². The Balaban J connectivity index is 1.74. The number of carbonyl (C=O) groups is 1. The maximum atomic E-state index is 12.3. The van der Waals surface area contributed by atoms with Crippen LogP contribution in [0, 0.1) is 46.8 Å². The van der Waals surface area contributed by atoms with Gasteiger partial charge in [0.25, 0.3) is 0 Å². The number of rotatable bonds is 1. The van der Waals surface area contributed by atoms with Crippen molar-refractivity contribution in [3.05, 3.63) is 11.6 Å². The number of fused-ring (bicyclic) bond motifs is 5. The highest BCUT2D eigenvalue weighted by Gasteiger charge is 2.65. The van der Waals surface area contributed by atoms with E-state index in [4.69, 9.17) is 6.42 Å². The summed E-state index contributed by atoms with van der Waals surface area (Å²) in [5.74, 6) is 3.20. The van der Waals surface area contributed by atoms with Crippen LogP contribution in [0.2, 0.25) is 0 Å².